The van der Waals surface area contributed by atoms with Crippen molar-refractivity contribution in [1.29, 1.82) is 0 Å². The summed E-state index contributed by atoms with van der Waals surface area (Å²) in [5.74, 6) is -0.870. The van der Waals surface area contributed by atoms with E-state index in [1.54, 1.807) is 42.5 Å². The number of fused-ring (bicyclic) bond motifs is 2. The van der Waals surface area contributed by atoms with Gasteiger partial charge in [0.2, 0.25) is 5.88 Å². The van der Waals surface area contributed by atoms with Crippen molar-refractivity contribution >= 4 is 39.1 Å². The van der Waals surface area contributed by atoms with Crippen molar-refractivity contribution in [1.82, 2.24) is 9.97 Å². The molecule has 0 radical (unpaired) electrons. The van der Waals surface area contributed by atoms with E-state index in [1.807, 2.05) is 18.2 Å². The molecule has 9 heteroatoms. The van der Waals surface area contributed by atoms with E-state index in [9.17, 15) is 20.0 Å². The van der Waals surface area contributed by atoms with Gasteiger partial charge in [-0.25, -0.2) is 0 Å². The molecular weight excluding hydrogens is 410 g/mol. The second-order valence-corrected chi connectivity index (χ2v) is 7.10. The number of carbonyl (C=O) groups is 1. The standard InChI is InChI=1S/C23H15N5O4/c29-22-20(15-8-4-5-9-17(15)25-22)26-27-23(30)21-19(13-6-2-1-3-7-13)16-12-14(28(31)32)10-11-18(16)24-21/h1-12,24-25,29H. The van der Waals surface area contributed by atoms with Crippen LogP contribution in [0.2, 0.25) is 0 Å². The average molecular weight is 425 g/mol. The number of hydrogen-bond donors (Lipinski definition) is 3. The molecule has 0 spiro atoms. The zero-order valence-electron chi connectivity index (χ0n) is 16.4. The van der Waals surface area contributed by atoms with Crippen LogP contribution < -0.4 is 0 Å². The Morgan fingerprint density at radius 1 is 0.906 bits per heavy atom. The number of non-ortho nitro benzene ring substituents is 1. The number of benzene rings is 3. The number of aromatic hydroxyl groups is 1. The number of hydrogen-bond acceptors (Lipinski definition) is 5. The molecule has 5 aromatic rings. The maximum atomic E-state index is 13.1. The number of para-hydroxylation sites is 1. The number of nitro benzene ring substituents is 1. The number of carbonyl (C=O) groups excluding carboxylic acids is 1. The van der Waals surface area contributed by atoms with Crippen LogP contribution in [0.25, 0.3) is 32.9 Å². The summed E-state index contributed by atoms with van der Waals surface area (Å²) in [6.45, 7) is 0. The fraction of sp³-hybridized carbons (Fsp3) is 0. The maximum absolute atomic E-state index is 13.1. The van der Waals surface area contributed by atoms with Crippen LogP contribution in [0.5, 0.6) is 5.88 Å². The van der Waals surface area contributed by atoms with Gasteiger partial charge in [0, 0.05) is 34.0 Å². The molecule has 156 valence electrons. The summed E-state index contributed by atoms with van der Waals surface area (Å²) in [6.07, 6.45) is 0. The number of azo groups is 1. The first-order valence-electron chi connectivity index (χ1n) is 9.64. The number of aromatic amines is 2. The molecule has 0 aliphatic heterocycles. The van der Waals surface area contributed by atoms with Crippen molar-refractivity contribution in [2.45, 2.75) is 0 Å². The van der Waals surface area contributed by atoms with Crippen LogP contribution in [0.1, 0.15) is 10.5 Å². The molecule has 0 saturated heterocycles. The fourth-order valence-corrected chi connectivity index (χ4v) is 3.72. The Morgan fingerprint density at radius 3 is 2.41 bits per heavy atom. The van der Waals surface area contributed by atoms with Crippen LogP contribution in [-0.4, -0.2) is 25.9 Å². The highest BCUT2D eigenvalue weighted by Gasteiger charge is 2.21. The Bertz CT molecular complexity index is 1530. The van der Waals surface area contributed by atoms with Gasteiger partial charge < -0.3 is 15.1 Å². The molecular formula is C23H15N5O4. The topological polar surface area (TPSA) is 137 Å². The number of nitrogens with zero attached hydrogens (tertiary/aromatic N) is 3. The predicted molar refractivity (Wildman–Crippen MR) is 119 cm³/mol. The van der Waals surface area contributed by atoms with Gasteiger partial charge in [-0.3, -0.25) is 14.9 Å². The summed E-state index contributed by atoms with van der Waals surface area (Å²) in [5, 5.41) is 30.4. The molecule has 5 rings (SSSR count). The van der Waals surface area contributed by atoms with Crippen molar-refractivity contribution < 1.29 is 14.8 Å². The van der Waals surface area contributed by atoms with E-state index >= 15 is 0 Å². The number of nitro groups is 1. The first kappa shape index (κ1) is 19.2. The van der Waals surface area contributed by atoms with Crippen LogP contribution in [0.15, 0.2) is 83.0 Å². The van der Waals surface area contributed by atoms with Gasteiger partial charge in [-0.05, 0) is 17.7 Å². The number of aromatic nitrogens is 2. The third-order valence-electron chi connectivity index (χ3n) is 5.17. The Kier molecular flexibility index (Phi) is 4.48. The second-order valence-electron chi connectivity index (χ2n) is 7.10. The summed E-state index contributed by atoms with van der Waals surface area (Å²) in [5.41, 5.74) is 2.64. The molecule has 32 heavy (non-hydrogen) atoms. The van der Waals surface area contributed by atoms with Crippen LogP contribution >= 0.6 is 0 Å². The predicted octanol–water partition coefficient (Wildman–Crippen LogP) is 5.85. The van der Waals surface area contributed by atoms with Gasteiger partial charge in [0.05, 0.1) is 10.4 Å². The zero-order valence-corrected chi connectivity index (χ0v) is 16.4. The van der Waals surface area contributed by atoms with Gasteiger partial charge in [0.25, 0.3) is 5.69 Å². The Morgan fingerprint density at radius 2 is 1.62 bits per heavy atom. The second kappa shape index (κ2) is 7.47. The van der Waals surface area contributed by atoms with Crippen molar-refractivity contribution in [3.63, 3.8) is 0 Å². The van der Waals surface area contributed by atoms with Crippen molar-refractivity contribution in [2.75, 3.05) is 0 Å². The monoisotopic (exact) mass is 425 g/mol. The van der Waals surface area contributed by atoms with Gasteiger partial charge in [-0.1, -0.05) is 48.5 Å². The van der Waals surface area contributed by atoms with Gasteiger partial charge in [-0.15, -0.1) is 10.2 Å². The van der Waals surface area contributed by atoms with E-state index in [4.69, 9.17) is 0 Å². The first-order valence-corrected chi connectivity index (χ1v) is 9.64. The number of nitrogens with one attached hydrogen (secondary N) is 2. The summed E-state index contributed by atoms with van der Waals surface area (Å²) < 4.78 is 0. The Labute approximate surface area is 180 Å². The van der Waals surface area contributed by atoms with Gasteiger partial charge in [-0.2, -0.15) is 0 Å². The lowest BCUT2D eigenvalue weighted by atomic mass is 10.0. The molecule has 0 unspecified atom stereocenters. The van der Waals surface area contributed by atoms with Crippen molar-refractivity contribution in [3.05, 3.63) is 88.6 Å². The summed E-state index contributed by atoms with van der Waals surface area (Å²) in [7, 11) is 0. The quantitative estimate of drug-likeness (QED) is 0.189. The molecule has 2 heterocycles. The lowest BCUT2D eigenvalue weighted by Gasteiger charge is -2.02. The van der Waals surface area contributed by atoms with E-state index in [1.165, 1.54) is 12.1 Å². The minimum atomic E-state index is -0.674. The van der Waals surface area contributed by atoms with E-state index in [0.29, 0.717) is 32.9 Å². The first-order chi connectivity index (χ1) is 15.5. The summed E-state index contributed by atoms with van der Waals surface area (Å²) in [4.78, 5) is 29.6. The molecule has 0 aliphatic rings. The number of H-pyrrole nitrogens is 2. The van der Waals surface area contributed by atoms with E-state index in [-0.39, 0.29) is 22.9 Å². The Hall–Kier alpha value is -4.79. The minimum absolute atomic E-state index is 0.0852. The lowest BCUT2D eigenvalue weighted by molar-refractivity contribution is -0.384. The van der Waals surface area contributed by atoms with Gasteiger partial charge in [0.15, 0.2) is 5.69 Å². The molecule has 3 N–H and O–H groups in total. The molecule has 0 aliphatic carbocycles. The maximum Gasteiger partial charge on any atom is 0.312 e. The van der Waals surface area contributed by atoms with Crippen LogP contribution in [0, 0.1) is 10.1 Å². The van der Waals surface area contributed by atoms with Crippen LogP contribution in [0.4, 0.5) is 11.4 Å². The SMILES string of the molecule is O=C(N=Nc1c(O)[nH]c2ccccc12)c1[nH]c2ccc([N+](=O)[O-])cc2c1-c1ccccc1. The third-order valence-corrected chi connectivity index (χ3v) is 5.17. The van der Waals surface area contributed by atoms with Crippen LogP contribution in [-0.2, 0) is 0 Å². The molecule has 2 aromatic heterocycles. The number of amides is 1. The molecule has 0 atom stereocenters. The summed E-state index contributed by atoms with van der Waals surface area (Å²) >= 11 is 0. The third kappa shape index (κ3) is 3.18. The zero-order chi connectivity index (χ0) is 22.2. The highest BCUT2D eigenvalue weighted by Crippen LogP contribution is 2.37. The fourth-order valence-electron chi connectivity index (χ4n) is 3.72. The molecule has 0 bridgehead atoms. The van der Waals surface area contributed by atoms with Crippen molar-refractivity contribution in [3.8, 4) is 17.0 Å². The molecule has 9 nitrogen and oxygen atoms in total. The normalized spacial score (nSPS) is 11.5. The molecule has 3 aromatic carbocycles. The Balaban J connectivity index is 1.64. The van der Waals surface area contributed by atoms with E-state index in [0.717, 1.165) is 0 Å². The van der Waals surface area contributed by atoms with Gasteiger partial charge >= 0.3 is 5.91 Å². The van der Waals surface area contributed by atoms with Crippen LogP contribution in [0.3, 0.4) is 0 Å². The number of rotatable bonds is 4. The average Bonchev–Trinajstić information content (AvgIpc) is 3.34. The largest absolute Gasteiger partial charge is 0.493 e. The minimum Gasteiger partial charge on any atom is -0.493 e. The summed E-state index contributed by atoms with van der Waals surface area (Å²) in [6, 6.07) is 20.5. The highest BCUT2D eigenvalue weighted by molar-refractivity contribution is 6.10. The van der Waals surface area contributed by atoms with E-state index < -0.39 is 10.8 Å². The lowest BCUT2D eigenvalue weighted by Crippen LogP contribution is -1.97. The van der Waals surface area contributed by atoms with E-state index in [2.05, 4.69) is 20.2 Å². The van der Waals surface area contributed by atoms with Gasteiger partial charge in [0.1, 0.15) is 5.69 Å². The highest BCUT2D eigenvalue weighted by atomic mass is 16.6. The molecule has 0 fully saturated rings. The smallest absolute Gasteiger partial charge is 0.312 e. The molecule has 0 saturated carbocycles. The van der Waals surface area contributed by atoms with Crippen molar-refractivity contribution in [2.24, 2.45) is 10.2 Å². The molecule has 1 amide bonds.